The first-order valence-corrected chi connectivity index (χ1v) is 6.75. The molecule has 0 aliphatic rings. The van der Waals surface area contributed by atoms with Gasteiger partial charge in [0.05, 0.1) is 22.7 Å². The Morgan fingerprint density at radius 1 is 0.941 bits per heavy atom. The predicted octanol–water partition coefficient (Wildman–Crippen LogP) is 2.53. The van der Waals surface area contributed by atoms with Gasteiger partial charge in [-0.3, -0.25) is 4.21 Å². The summed E-state index contributed by atoms with van der Waals surface area (Å²) in [5, 5.41) is 9.96. The summed E-state index contributed by atoms with van der Waals surface area (Å²) in [6.07, 6.45) is -0.683. The maximum Gasteiger partial charge on any atom is 0.0908 e. The molecule has 2 nitrogen and oxygen atoms in total. The monoisotopic (exact) mass is 246 g/mol. The molecule has 2 aromatic rings. The van der Waals surface area contributed by atoms with E-state index in [0.717, 1.165) is 10.5 Å². The largest absolute Gasteiger partial charge is 0.387 e. The van der Waals surface area contributed by atoms with Gasteiger partial charge >= 0.3 is 0 Å². The Morgan fingerprint density at radius 3 is 2.06 bits per heavy atom. The molecule has 0 aliphatic carbocycles. The van der Waals surface area contributed by atoms with Crippen molar-refractivity contribution in [1.82, 2.24) is 0 Å². The van der Waals surface area contributed by atoms with Gasteiger partial charge in [0.25, 0.3) is 0 Å². The number of aliphatic hydroxyl groups excluding tert-OH is 1. The Balaban J connectivity index is 2.05. The molecule has 0 heterocycles. The van der Waals surface area contributed by atoms with E-state index >= 15 is 0 Å². The van der Waals surface area contributed by atoms with Crippen molar-refractivity contribution in [1.29, 1.82) is 0 Å². The van der Waals surface area contributed by atoms with Gasteiger partial charge in [0.15, 0.2) is 0 Å². The Bertz CT molecular complexity index is 482. The highest BCUT2D eigenvalue weighted by Gasteiger charge is 2.12. The first kappa shape index (κ1) is 12.0. The average molecular weight is 246 g/mol. The highest BCUT2D eigenvalue weighted by atomic mass is 32.2. The third-order valence-electron chi connectivity index (χ3n) is 2.50. The smallest absolute Gasteiger partial charge is 0.0908 e. The van der Waals surface area contributed by atoms with Crippen LogP contribution in [0.1, 0.15) is 11.7 Å². The quantitative estimate of drug-likeness (QED) is 0.900. The molecule has 0 amide bonds. The maximum atomic E-state index is 12.0. The lowest BCUT2D eigenvalue weighted by Gasteiger charge is -2.10. The molecule has 0 fully saturated rings. The van der Waals surface area contributed by atoms with Gasteiger partial charge in [0.1, 0.15) is 0 Å². The van der Waals surface area contributed by atoms with Gasteiger partial charge in [0, 0.05) is 4.90 Å². The van der Waals surface area contributed by atoms with Crippen LogP contribution in [0.3, 0.4) is 0 Å². The number of benzene rings is 2. The summed E-state index contributed by atoms with van der Waals surface area (Å²) in [6, 6.07) is 18.5. The zero-order valence-corrected chi connectivity index (χ0v) is 10.1. The van der Waals surface area contributed by atoms with E-state index in [0.29, 0.717) is 0 Å². The molecule has 0 radical (unpaired) electrons. The molecule has 0 spiro atoms. The summed E-state index contributed by atoms with van der Waals surface area (Å²) in [7, 11) is -1.16. The maximum absolute atomic E-state index is 12.0. The zero-order chi connectivity index (χ0) is 12.1. The molecule has 0 saturated carbocycles. The fraction of sp³-hybridized carbons (Fsp3) is 0.143. The minimum absolute atomic E-state index is 0.230. The molecule has 0 bridgehead atoms. The lowest BCUT2D eigenvalue weighted by Crippen LogP contribution is -2.09. The Labute approximate surface area is 103 Å². The van der Waals surface area contributed by atoms with Crippen molar-refractivity contribution in [3.63, 3.8) is 0 Å². The van der Waals surface area contributed by atoms with Crippen molar-refractivity contribution in [3.8, 4) is 0 Å². The molecule has 3 heteroatoms. The second kappa shape index (κ2) is 5.75. The molecular weight excluding hydrogens is 232 g/mol. The van der Waals surface area contributed by atoms with Crippen LogP contribution < -0.4 is 0 Å². The summed E-state index contributed by atoms with van der Waals surface area (Å²) in [4.78, 5) is 0.752. The molecule has 2 aromatic carbocycles. The van der Waals surface area contributed by atoms with E-state index < -0.39 is 16.9 Å². The summed E-state index contributed by atoms with van der Waals surface area (Å²) < 4.78 is 12.0. The fourth-order valence-electron chi connectivity index (χ4n) is 1.58. The van der Waals surface area contributed by atoms with Crippen molar-refractivity contribution in [3.05, 3.63) is 66.2 Å². The van der Waals surface area contributed by atoms with E-state index in [1.165, 1.54) is 0 Å². The molecule has 0 saturated heterocycles. The Morgan fingerprint density at radius 2 is 1.47 bits per heavy atom. The van der Waals surface area contributed by atoms with Gasteiger partial charge in [-0.1, -0.05) is 48.5 Å². The van der Waals surface area contributed by atoms with E-state index in [1.807, 2.05) is 60.7 Å². The van der Waals surface area contributed by atoms with Gasteiger partial charge in [-0.25, -0.2) is 0 Å². The first-order chi connectivity index (χ1) is 8.27. The van der Waals surface area contributed by atoms with Crippen molar-refractivity contribution < 1.29 is 9.32 Å². The Kier molecular flexibility index (Phi) is 4.07. The molecule has 0 aromatic heterocycles. The first-order valence-electron chi connectivity index (χ1n) is 5.44. The van der Waals surface area contributed by atoms with Crippen molar-refractivity contribution in [2.75, 3.05) is 5.75 Å². The predicted molar refractivity (Wildman–Crippen MR) is 69.1 cm³/mol. The summed E-state index contributed by atoms with van der Waals surface area (Å²) in [5.74, 6) is 0.230. The molecular formula is C14H14O2S. The van der Waals surface area contributed by atoms with E-state index in [4.69, 9.17) is 0 Å². The lowest BCUT2D eigenvalue weighted by molar-refractivity contribution is 0.203. The van der Waals surface area contributed by atoms with E-state index in [-0.39, 0.29) is 5.75 Å². The van der Waals surface area contributed by atoms with Crippen LogP contribution >= 0.6 is 0 Å². The van der Waals surface area contributed by atoms with Crippen molar-refractivity contribution in [2.24, 2.45) is 0 Å². The van der Waals surface area contributed by atoms with Gasteiger partial charge in [0.2, 0.25) is 0 Å². The summed E-state index contributed by atoms with van der Waals surface area (Å²) >= 11 is 0. The van der Waals surface area contributed by atoms with E-state index in [2.05, 4.69) is 0 Å². The average Bonchev–Trinajstić information content (AvgIpc) is 2.40. The van der Waals surface area contributed by atoms with Crippen LogP contribution in [0.25, 0.3) is 0 Å². The molecule has 0 aliphatic heterocycles. The van der Waals surface area contributed by atoms with E-state index in [1.54, 1.807) is 0 Å². The highest BCUT2D eigenvalue weighted by Crippen LogP contribution is 2.16. The third kappa shape index (κ3) is 3.25. The van der Waals surface area contributed by atoms with Crippen LogP contribution in [0.4, 0.5) is 0 Å². The number of aliphatic hydroxyl groups is 1. The molecule has 1 unspecified atom stereocenters. The molecule has 1 N–H and O–H groups in total. The van der Waals surface area contributed by atoms with Gasteiger partial charge in [-0.05, 0) is 17.7 Å². The number of hydrogen-bond acceptors (Lipinski definition) is 2. The molecule has 17 heavy (non-hydrogen) atoms. The van der Waals surface area contributed by atoms with Gasteiger partial charge in [-0.15, -0.1) is 0 Å². The zero-order valence-electron chi connectivity index (χ0n) is 9.32. The van der Waals surface area contributed by atoms with Crippen molar-refractivity contribution >= 4 is 10.8 Å². The number of hydrogen-bond donors (Lipinski definition) is 1. The molecule has 2 rings (SSSR count). The minimum Gasteiger partial charge on any atom is -0.387 e. The second-order valence-corrected chi connectivity index (χ2v) is 5.25. The van der Waals surface area contributed by atoms with Crippen LogP contribution in [0.2, 0.25) is 0 Å². The second-order valence-electron chi connectivity index (χ2n) is 3.75. The van der Waals surface area contributed by atoms with Gasteiger partial charge in [-0.2, -0.15) is 0 Å². The Hall–Kier alpha value is -1.45. The lowest BCUT2D eigenvalue weighted by atomic mass is 10.1. The standard InChI is InChI=1S/C14H14O2S/c15-14(12-7-3-1-4-8-12)11-17(16)13-9-5-2-6-10-13/h1-10,14-15H,11H2/t14-,17?/m1/s1. The van der Waals surface area contributed by atoms with E-state index in [9.17, 15) is 9.32 Å². The highest BCUT2D eigenvalue weighted by molar-refractivity contribution is 7.85. The SMILES string of the molecule is O=S(C[C@@H](O)c1ccccc1)c1ccccc1. The third-order valence-corrected chi connectivity index (χ3v) is 3.92. The van der Waals surface area contributed by atoms with Gasteiger partial charge < -0.3 is 5.11 Å². The van der Waals surface area contributed by atoms with Crippen LogP contribution in [-0.2, 0) is 10.8 Å². The topological polar surface area (TPSA) is 37.3 Å². The van der Waals surface area contributed by atoms with Crippen LogP contribution in [0.15, 0.2) is 65.6 Å². The normalized spacial score (nSPS) is 14.2. The van der Waals surface area contributed by atoms with Crippen LogP contribution in [0, 0.1) is 0 Å². The minimum atomic E-state index is -1.16. The van der Waals surface area contributed by atoms with Crippen molar-refractivity contribution in [2.45, 2.75) is 11.0 Å². The summed E-state index contributed by atoms with van der Waals surface area (Å²) in [5.41, 5.74) is 0.803. The molecule has 2 atom stereocenters. The number of rotatable bonds is 4. The molecule has 88 valence electrons. The van der Waals surface area contributed by atoms with Crippen LogP contribution in [0.5, 0.6) is 0 Å². The van der Waals surface area contributed by atoms with Crippen LogP contribution in [-0.4, -0.2) is 15.1 Å². The summed E-state index contributed by atoms with van der Waals surface area (Å²) in [6.45, 7) is 0. The fourth-order valence-corrected chi connectivity index (χ4v) is 2.72.